The number of aryl methyl sites for hydroxylation is 2. The lowest BCUT2D eigenvalue weighted by atomic mass is 10.2. The fraction of sp³-hybridized carbons (Fsp3) is 0.136. The Kier molecular flexibility index (Phi) is 4.94. The Bertz CT molecular complexity index is 1250. The van der Waals surface area contributed by atoms with Crippen molar-refractivity contribution in [3.63, 3.8) is 0 Å². The van der Waals surface area contributed by atoms with Gasteiger partial charge in [0.05, 0.1) is 28.3 Å². The first-order chi connectivity index (χ1) is 14.0. The molecule has 4 aromatic rings. The van der Waals surface area contributed by atoms with Gasteiger partial charge in [0.2, 0.25) is 0 Å². The molecule has 0 aliphatic heterocycles. The molecule has 0 fully saturated rings. The van der Waals surface area contributed by atoms with Crippen molar-refractivity contribution in [1.29, 1.82) is 0 Å². The van der Waals surface area contributed by atoms with Crippen LogP contribution >= 0.6 is 11.6 Å². The molecule has 0 aliphatic rings. The van der Waals surface area contributed by atoms with Crippen molar-refractivity contribution in [2.24, 2.45) is 4.99 Å². The van der Waals surface area contributed by atoms with Crippen LogP contribution in [-0.2, 0) is 0 Å². The Morgan fingerprint density at radius 3 is 2.38 bits per heavy atom. The molecule has 0 saturated carbocycles. The first-order valence-electron chi connectivity index (χ1n) is 9.19. The molecule has 0 saturated heterocycles. The highest BCUT2D eigenvalue weighted by Crippen LogP contribution is 2.25. The highest BCUT2D eigenvalue weighted by atomic mass is 35.5. The summed E-state index contributed by atoms with van der Waals surface area (Å²) >= 11 is 5.94. The van der Waals surface area contributed by atoms with Crippen molar-refractivity contribution >= 4 is 23.5 Å². The number of aromatic amines is 1. The lowest BCUT2D eigenvalue weighted by molar-refractivity contribution is 0.834. The fourth-order valence-corrected chi connectivity index (χ4v) is 3.38. The third-order valence-corrected chi connectivity index (χ3v) is 5.03. The van der Waals surface area contributed by atoms with Gasteiger partial charge in [-0.25, -0.2) is 9.36 Å². The molecule has 0 atom stereocenters. The summed E-state index contributed by atoms with van der Waals surface area (Å²) in [5.74, 6) is 0. The van der Waals surface area contributed by atoms with Gasteiger partial charge in [0, 0.05) is 16.9 Å². The molecule has 6 nitrogen and oxygen atoms in total. The summed E-state index contributed by atoms with van der Waals surface area (Å²) in [5.41, 5.74) is 5.23. The van der Waals surface area contributed by atoms with Crippen molar-refractivity contribution in [2.75, 3.05) is 0 Å². The normalized spacial score (nSPS) is 11.4. The molecule has 4 rings (SSSR count). The van der Waals surface area contributed by atoms with E-state index in [2.05, 4.69) is 15.2 Å². The van der Waals surface area contributed by atoms with Crippen LogP contribution in [0.1, 0.15) is 22.6 Å². The van der Waals surface area contributed by atoms with Gasteiger partial charge in [0.1, 0.15) is 5.69 Å². The predicted molar refractivity (Wildman–Crippen MR) is 116 cm³/mol. The van der Waals surface area contributed by atoms with Crippen molar-refractivity contribution < 1.29 is 0 Å². The number of aliphatic imine (C=N–C) groups is 1. The molecule has 0 radical (unpaired) electrons. The molecule has 0 spiro atoms. The number of rotatable bonds is 4. The molecule has 1 N–H and O–H groups in total. The number of nitrogens with one attached hydrogen (secondary N) is 1. The molecular weight excluding hydrogens is 386 g/mol. The second kappa shape index (κ2) is 7.56. The molecule has 0 aliphatic carbocycles. The van der Waals surface area contributed by atoms with E-state index in [0.717, 1.165) is 28.5 Å². The molecular formula is C22H20ClN5O. The standard InChI is InChI=1S/C22H20ClN5O/c1-14-20(22(29)28(25-14)19-11-9-17(23)10-12-19)13-24-21-15(2)26-27(16(21)3)18-7-5-4-6-8-18/h4-13,25H,1-3H3. The Hall–Kier alpha value is -3.38. The lowest BCUT2D eigenvalue weighted by Gasteiger charge is -2.03. The maximum atomic E-state index is 12.9. The van der Waals surface area contributed by atoms with Gasteiger partial charge in [0.15, 0.2) is 0 Å². The first-order valence-corrected chi connectivity index (χ1v) is 9.57. The summed E-state index contributed by atoms with van der Waals surface area (Å²) in [6, 6.07) is 17.0. The van der Waals surface area contributed by atoms with Crippen LogP contribution in [0, 0.1) is 20.8 Å². The smallest absolute Gasteiger partial charge is 0.280 e. The van der Waals surface area contributed by atoms with Crippen LogP contribution in [-0.4, -0.2) is 25.8 Å². The van der Waals surface area contributed by atoms with Crippen LogP contribution in [0.5, 0.6) is 0 Å². The molecule has 2 aromatic heterocycles. The Morgan fingerprint density at radius 2 is 1.69 bits per heavy atom. The SMILES string of the molecule is Cc1nn(-c2ccccc2)c(C)c1N=Cc1c(C)[nH]n(-c2ccc(Cl)cc2)c1=O. The van der Waals surface area contributed by atoms with Gasteiger partial charge in [-0.1, -0.05) is 29.8 Å². The highest BCUT2D eigenvalue weighted by molar-refractivity contribution is 6.30. The van der Waals surface area contributed by atoms with E-state index < -0.39 is 0 Å². The van der Waals surface area contributed by atoms with Gasteiger partial charge < -0.3 is 0 Å². The summed E-state index contributed by atoms with van der Waals surface area (Å²) in [6.07, 6.45) is 1.60. The molecule has 0 bridgehead atoms. The summed E-state index contributed by atoms with van der Waals surface area (Å²) < 4.78 is 3.35. The lowest BCUT2D eigenvalue weighted by Crippen LogP contribution is -2.17. The van der Waals surface area contributed by atoms with Crippen molar-refractivity contribution in [3.05, 3.63) is 92.6 Å². The minimum Gasteiger partial charge on any atom is -0.295 e. The zero-order valence-electron chi connectivity index (χ0n) is 16.3. The van der Waals surface area contributed by atoms with E-state index in [1.165, 1.54) is 4.68 Å². The number of halogens is 1. The average Bonchev–Trinajstić information content (AvgIpc) is 3.17. The van der Waals surface area contributed by atoms with E-state index in [1.807, 2.05) is 55.8 Å². The Balaban J connectivity index is 1.71. The van der Waals surface area contributed by atoms with E-state index in [4.69, 9.17) is 11.6 Å². The third-order valence-electron chi connectivity index (χ3n) is 4.78. The first kappa shape index (κ1) is 19.0. The molecule has 2 heterocycles. The van der Waals surface area contributed by atoms with Gasteiger partial charge in [-0.15, -0.1) is 0 Å². The van der Waals surface area contributed by atoms with Crippen LogP contribution < -0.4 is 5.56 Å². The Morgan fingerprint density at radius 1 is 1.00 bits per heavy atom. The van der Waals surface area contributed by atoms with Crippen LogP contribution in [0.25, 0.3) is 11.4 Å². The van der Waals surface area contributed by atoms with E-state index in [-0.39, 0.29) is 5.56 Å². The summed E-state index contributed by atoms with van der Waals surface area (Å²) in [7, 11) is 0. The topological polar surface area (TPSA) is 68.0 Å². The third kappa shape index (κ3) is 3.54. The largest absolute Gasteiger partial charge is 0.295 e. The molecule has 0 amide bonds. The summed E-state index contributed by atoms with van der Waals surface area (Å²) in [6.45, 7) is 5.73. The van der Waals surface area contributed by atoms with E-state index in [1.54, 1.807) is 30.5 Å². The Labute approximate surface area is 173 Å². The zero-order chi connectivity index (χ0) is 20.5. The second-order valence-corrected chi connectivity index (χ2v) is 7.23. The van der Waals surface area contributed by atoms with Gasteiger partial charge in [0.25, 0.3) is 5.56 Å². The summed E-state index contributed by atoms with van der Waals surface area (Å²) in [4.78, 5) is 17.5. The quantitative estimate of drug-likeness (QED) is 0.501. The molecule has 7 heteroatoms. The minimum atomic E-state index is -0.167. The summed E-state index contributed by atoms with van der Waals surface area (Å²) in [5, 5.41) is 8.31. The number of hydrogen-bond donors (Lipinski definition) is 1. The maximum Gasteiger partial charge on any atom is 0.280 e. The van der Waals surface area contributed by atoms with Crippen LogP contribution in [0.4, 0.5) is 5.69 Å². The predicted octanol–water partition coefficient (Wildman–Crippen LogP) is 4.68. The van der Waals surface area contributed by atoms with E-state index in [9.17, 15) is 4.79 Å². The second-order valence-electron chi connectivity index (χ2n) is 6.79. The van der Waals surface area contributed by atoms with Crippen LogP contribution in [0.3, 0.4) is 0 Å². The van der Waals surface area contributed by atoms with Gasteiger partial charge in [-0.05, 0) is 57.2 Å². The number of nitrogens with zero attached hydrogens (tertiary/aromatic N) is 4. The highest BCUT2D eigenvalue weighted by Gasteiger charge is 2.14. The molecule has 146 valence electrons. The van der Waals surface area contributed by atoms with Crippen molar-refractivity contribution in [2.45, 2.75) is 20.8 Å². The zero-order valence-corrected chi connectivity index (χ0v) is 17.1. The average molecular weight is 406 g/mol. The van der Waals surface area contributed by atoms with E-state index >= 15 is 0 Å². The fourth-order valence-electron chi connectivity index (χ4n) is 3.25. The van der Waals surface area contributed by atoms with Gasteiger partial charge >= 0.3 is 0 Å². The van der Waals surface area contributed by atoms with Crippen LogP contribution in [0.2, 0.25) is 5.02 Å². The number of aromatic nitrogens is 4. The van der Waals surface area contributed by atoms with Crippen molar-refractivity contribution in [3.8, 4) is 11.4 Å². The monoisotopic (exact) mass is 405 g/mol. The molecule has 0 unspecified atom stereocenters. The number of hydrogen-bond acceptors (Lipinski definition) is 3. The van der Waals surface area contributed by atoms with Crippen LogP contribution in [0.15, 0.2) is 64.4 Å². The number of H-pyrrole nitrogens is 1. The molecule has 29 heavy (non-hydrogen) atoms. The number of benzene rings is 2. The van der Waals surface area contributed by atoms with E-state index in [0.29, 0.717) is 16.3 Å². The number of para-hydroxylation sites is 1. The van der Waals surface area contributed by atoms with Gasteiger partial charge in [-0.3, -0.25) is 14.9 Å². The maximum absolute atomic E-state index is 12.9. The molecule has 2 aromatic carbocycles. The van der Waals surface area contributed by atoms with Gasteiger partial charge in [-0.2, -0.15) is 5.10 Å². The minimum absolute atomic E-state index is 0.167. The van der Waals surface area contributed by atoms with Crippen molar-refractivity contribution in [1.82, 2.24) is 19.6 Å².